The number of allylic oxidation sites excluding steroid dienone is 5. The molecule has 24 heavy (non-hydrogen) atoms. The molecule has 1 aromatic rings. The molecule has 1 unspecified atom stereocenters. The Labute approximate surface area is 147 Å². The van der Waals surface area contributed by atoms with E-state index < -0.39 is 0 Å². The van der Waals surface area contributed by atoms with Gasteiger partial charge in [-0.05, 0) is 75.0 Å². The van der Waals surface area contributed by atoms with E-state index in [0.717, 1.165) is 43.7 Å². The Morgan fingerprint density at radius 3 is 2.92 bits per heavy atom. The minimum absolute atomic E-state index is 0.347. The van der Waals surface area contributed by atoms with Gasteiger partial charge in [-0.1, -0.05) is 43.9 Å². The van der Waals surface area contributed by atoms with Crippen LogP contribution in [0.25, 0.3) is 5.57 Å². The highest BCUT2D eigenvalue weighted by atomic mass is 16.5. The van der Waals surface area contributed by atoms with Crippen LogP contribution in [-0.4, -0.2) is 31.1 Å². The molecule has 2 heteroatoms. The van der Waals surface area contributed by atoms with E-state index in [-0.39, 0.29) is 0 Å². The van der Waals surface area contributed by atoms with Crippen molar-refractivity contribution in [3.05, 3.63) is 60.2 Å². The van der Waals surface area contributed by atoms with Crippen LogP contribution in [0, 0.1) is 0 Å². The maximum absolute atomic E-state index is 6.22. The lowest BCUT2D eigenvalue weighted by atomic mass is 9.96. The van der Waals surface area contributed by atoms with Crippen molar-refractivity contribution in [2.24, 2.45) is 0 Å². The fourth-order valence-corrected chi connectivity index (χ4v) is 3.17. The third-order valence-corrected chi connectivity index (χ3v) is 4.55. The summed E-state index contributed by atoms with van der Waals surface area (Å²) in [5.41, 5.74) is 3.68. The standard InChI is InChI=1S/C22H31NO/c1-5-8-9-18(7-3)19-11-13-22-20(17-19)10-12-21(24-22)14-16-23(4)15-6-2/h5,7-9,11,13,17,21H,3,6,10,12,14-16H2,1-2,4H3/b8-5-,18-9+. The monoisotopic (exact) mass is 325 g/mol. The number of fused-ring (bicyclic) bond motifs is 1. The Morgan fingerprint density at radius 2 is 2.21 bits per heavy atom. The molecule has 130 valence electrons. The summed E-state index contributed by atoms with van der Waals surface area (Å²) in [4.78, 5) is 2.39. The number of hydrogen-bond donors (Lipinski definition) is 0. The van der Waals surface area contributed by atoms with E-state index in [2.05, 4.69) is 55.8 Å². The van der Waals surface area contributed by atoms with Crippen molar-refractivity contribution in [3.63, 3.8) is 0 Å². The highest BCUT2D eigenvalue weighted by Crippen LogP contribution is 2.31. The molecule has 2 nitrogen and oxygen atoms in total. The van der Waals surface area contributed by atoms with Gasteiger partial charge in [0.1, 0.15) is 11.9 Å². The first-order chi connectivity index (χ1) is 11.7. The second-order valence-electron chi connectivity index (χ2n) is 6.54. The average Bonchev–Trinajstić information content (AvgIpc) is 2.60. The molecule has 0 amide bonds. The lowest BCUT2D eigenvalue weighted by molar-refractivity contribution is 0.147. The van der Waals surface area contributed by atoms with Crippen molar-refractivity contribution in [1.82, 2.24) is 4.90 Å². The number of ether oxygens (including phenoxy) is 1. The molecule has 0 saturated heterocycles. The molecule has 1 heterocycles. The highest BCUT2D eigenvalue weighted by Gasteiger charge is 2.20. The summed E-state index contributed by atoms with van der Waals surface area (Å²) >= 11 is 0. The number of aryl methyl sites for hydroxylation is 1. The van der Waals surface area contributed by atoms with E-state index in [1.807, 2.05) is 19.1 Å². The Morgan fingerprint density at radius 1 is 1.38 bits per heavy atom. The van der Waals surface area contributed by atoms with Gasteiger partial charge in [-0.25, -0.2) is 0 Å². The van der Waals surface area contributed by atoms with Gasteiger partial charge >= 0.3 is 0 Å². The molecule has 0 spiro atoms. The third kappa shape index (κ3) is 5.10. The topological polar surface area (TPSA) is 12.5 Å². The van der Waals surface area contributed by atoms with Crippen LogP contribution in [0.1, 0.15) is 44.2 Å². The first-order valence-corrected chi connectivity index (χ1v) is 9.11. The van der Waals surface area contributed by atoms with Gasteiger partial charge in [-0.15, -0.1) is 0 Å². The second-order valence-corrected chi connectivity index (χ2v) is 6.54. The molecule has 0 N–H and O–H groups in total. The first kappa shape index (κ1) is 18.5. The van der Waals surface area contributed by atoms with Crippen LogP contribution in [0.3, 0.4) is 0 Å². The van der Waals surface area contributed by atoms with Gasteiger partial charge in [-0.3, -0.25) is 0 Å². The maximum Gasteiger partial charge on any atom is 0.122 e. The molecule has 1 atom stereocenters. The van der Waals surface area contributed by atoms with Crippen LogP contribution in [0.4, 0.5) is 0 Å². The Hall–Kier alpha value is -1.80. The molecule has 1 aliphatic rings. The zero-order valence-corrected chi connectivity index (χ0v) is 15.4. The van der Waals surface area contributed by atoms with E-state index in [0.29, 0.717) is 6.10 Å². The minimum atomic E-state index is 0.347. The number of nitrogens with zero attached hydrogens (tertiary/aromatic N) is 1. The Kier molecular flexibility index (Phi) is 7.33. The lowest BCUT2D eigenvalue weighted by Gasteiger charge is -2.28. The van der Waals surface area contributed by atoms with E-state index in [1.165, 1.54) is 17.5 Å². The van der Waals surface area contributed by atoms with Crippen molar-refractivity contribution in [2.75, 3.05) is 20.1 Å². The van der Waals surface area contributed by atoms with Crippen LogP contribution in [-0.2, 0) is 6.42 Å². The molecule has 0 radical (unpaired) electrons. The minimum Gasteiger partial charge on any atom is -0.490 e. The lowest BCUT2D eigenvalue weighted by Crippen LogP contribution is -2.29. The van der Waals surface area contributed by atoms with Crippen LogP contribution in [0.15, 0.2) is 49.1 Å². The van der Waals surface area contributed by atoms with Gasteiger partial charge in [0.2, 0.25) is 0 Å². The predicted molar refractivity (Wildman–Crippen MR) is 105 cm³/mol. The summed E-state index contributed by atoms with van der Waals surface area (Å²) in [5.74, 6) is 1.06. The summed E-state index contributed by atoms with van der Waals surface area (Å²) in [6.45, 7) is 10.5. The molecular weight excluding hydrogens is 294 g/mol. The zero-order chi connectivity index (χ0) is 17.4. The largest absolute Gasteiger partial charge is 0.490 e. The van der Waals surface area contributed by atoms with E-state index >= 15 is 0 Å². The molecule has 0 bridgehead atoms. The number of rotatable bonds is 8. The van der Waals surface area contributed by atoms with Gasteiger partial charge in [0.05, 0.1) is 0 Å². The molecule has 0 aromatic heterocycles. The van der Waals surface area contributed by atoms with Crippen molar-refractivity contribution in [3.8, 4) is 5.75 Å². The molecule has 1 aromatic carbocycles. The van der Waals surface area contributed by atoms with E-state index in [9.17, 15) is 0 Å². The van der Waals surface area contributed by atoms with Gasteiger partial charge in [-0.2, -0.15) is 0 Å². The average molecular weight is 325 g/mol. The second kappa shape index (κ2) is 9.48. The van der Waals surface area contributed by atoms with Crippen molar-refractivity contribution < 1.29 is 4.74 Å². The molecule has 2 rings (SSSR count). The molecule has 0 aliphatic carbocycles. The van der Waals surface area contributed by atoms with Crippen LogP contribution < -0.4 is 4.74 Å². The smallest absolute Gasteiger partial charge is 0.122 e. The zero-order valence-electron chi connectivity index (χ0n) is 15.4. The van der Waals surface area contributed by atoms with E-state index in [1.54, 1.807) is 0 Å². The van der Waals surface area contributed by atoms with Gasteiger partial charge in [0.25, 0.3) is 0 Å². The third-order valence-electron chi connectivity index (χ3n) is 4.55. The summed E-state index contributed by atoms with van der Waals surface area (Å²) in [6.07, 6.45) is 13.0. The Balaban J connectivity index is 2.02. The molecule has 0 fully saturated rings. The summed E-state index contributed by atoms with van der Waals surface area (Å²) < 4.78 is 6.22. The fraction of sp³-hybridized carbons (Fsp3) is 0.455. The predicted octanol–water partition coefficient (Wildman–Crippen LogP) is 5.26. The Bertz CT molecular complexity index is 600. The summed E-state index contributed by atoms with van der Waals surface area (Å²) in [5, 5.41) is 0. The number of hydrogen-bond acceptors (Lipinski definition) is 2. The van der Waals surface area contributed by atoms with Gasteiger partial charge in [0, 0.05) is 6.54 Å². The van der Waals surface area contributed by atoms with Crippen LogP contribution in [0.5, 0.6) is 5.75 Å². The number of benzene rings is 1. The normalized spacial score (nSPS) is 17.8. The van der Waals surface area contributed by atoms with Gasteiger partial charge < -0.3 is 9.64 Å². The quantitative estimate of drug-likeness (QED) is 0.605. The molecular formula is C22H31NO. The van der Waals surface area contributed by atoms with Crippen LogP contribution in [0.2, 0.25) is 0 Å². The summed E-state index contributed by atoms with van der Waals surface area (Å²) in [6, 6.07) is 6.52. The van der Waals surface area contributed by atoms with Crippen molar-refractivity contribution in [2.45, 2.75) is 45.6 Å². The molecule has 0 saturated carbocycles. The first-order valence-electron chi connectivity index (χ1n) is 9.11. The molecule has 1 aliphatic heterocycles. The van der Waals surface area contributed by atoms with Crippen molar-refractivity contribution >= 4 is 5.57 Å². The maximum atomic E-state index is 6.22. The van der Waals surface area contributed by atoms with Crippen LogP contribution >= 0.6 is 0 Å². The SMILES string of the molecule is C=C/C(=C\C=C/C)c1ccc2c(c1)CCC(CCN(C)CCC)O2. The summed E-state index contributed by atoms with van der Waals surface area (Å²) in [7, 11) is 2.19. The highest BCUT2D eigenvalue weighted by molar-refractivity contribution is 5.75. The fourth-order valence-electron chi connectivity index (χ4n) is 3.17. The van der Waals surface area contributed by atoms with E-state index in [4.69, 9.17) is 4.74 Å². The van der Waals surface area contributed by atoms with Crippen molar-refractivity contribution in [1.29, 1.82) is 0 Å². The van der Waals surface area contributed by atoms with Gasteiger partial charge in [0.15, 0.2) is 0 Å².